The van der Waals surface area contributed by atoms with Crippen LogP contribution < -0.4 is 10.3 Å². The number of hydrogen-bond donors (Lipinski definition) is 1. The largest absolute Gasteiger partial charge is 0.618 e. The molecule has 0 radical (unpaired) electrons. The monoisotopic (exact) mass is 213 g/mol. The van der Waals surface area contributed by atoms with Crippen LogP contribution in [-0.4, -0.2) is 9.97 Å². The molecule has 0 aliphatic heterocycles. The normalized spacial score (nSPS) is 11.0. The Bertz CT molecular complexity index is 749. The second-order valence-electron chi connectivity index (χ2n) is 3.47. The van der Waals surface area contributed by atoms with E-state index in [0.29, 0.717) is 15.8 Å². The Kier molecular flexibility index (Phi) is 1.67. The molecule has 3 aromatic rings. The molecule has 78 valence electrons. The van der Waals surface area contributed by atoms with Crippen molar-refractivity contribution in [2.45, 2.75) is 0 Å². The van der Waals surface area contributed by atoms with Gasteiger partial charge in [-0.1, -0.05) is 0 Å². The zero-order chi connectivity index (χ0) is 11.1. The molecule has 0 spiro atoms. The molecule has 0 unspecified atom stereocenters. The minimum absolute atomic E-state index is 0.418. The van der Waals surface area contributed by atoms with Crippen LogP contribution in [-0.2, 0) is 0 Å². The molecule has 5 heteroatoms. The summed E-state index contributed by atoms with van der Waals surface area (Å²) in [6, 6.07) is 6.99. The van der Waals surface area contributed by atoms with Crippen LogP contribution in [0.3, 0.4) is 0 Å². The van der Waals surface area contributed by atoms with Crippen molar-refractivity contribution < 1.29 is 4.73 Å². The summed E-state index contributed by atoms with van der Waals surface area (Å²) in [6.45, 7) is 0. The Labute approximate surface area is 89.6 Å². The van der Waals surface area contributed by atoms with Gasteiger partial charge in [0.2, 0.25) is 11.7 Å². The second-order valence-corrected chi connectivity index (χ2v) is 3.47. The molecule has 0 bridgehead atoms. The molecule has 1 N–H and O–H groups in total. The molecule has 0 amide bonds. The van der Waals surface area contributed by atoms with Gasteiger partial charge in [-0.15, -0.1) is 0 Å². The van der Waals surface area contributed by atoms with E-state index in [2.05, 4.69) is 9.97 Å². The smallest absolute Gasteiger partial charge is 0.314 e. The Morgan fingerprint density at radius 2 is 2.19 bits per heavy atom. The maximum Gasteiger partial charge on any atom is 0.314 e. The van der Waals surface area contributed by atoms with Crippen LogP contribution in [0.5, 0.6) is 0 Å². The highest BCUT2D eigenvalue weighted by atomic mass is 16.5. The van der Waals surface area contributed by atoms with Gasteiger partial charge in [0.1, 0.15) is 5.52 Å². The molecule has 2 aromatic heterocycles. The molecule has 0 aliphatic rings. The molecule has 0 atom stereocenters. The number of hydrogen-bond acceptors (Lipinski definition) is 3. The van der Waals surface area contributed by atoms with Crippen molar-refractivity contribution in [2.75, 3.05) is 0 Å². The van der Waals surface area contributed by atoms with Gasteiger partial charge in [0.05, 0.1) is 5.52 Å². The number of benzene rings is 1. The van der Waals surface area contributed by atoms with E-state index < -0.39 is 5.56 Å². The van der Waals surface area contributed by atoms with Crippen molar-refractivity contribution in [1.29, 1.82) is 0 Å². The van der Waals surface area contributed by atoms with Crippen LogP contribution in [0.4, 0.5) is 0 Å². The summed E-state index contributed by atoms with van der Waals surface area (Å²) in [5, 5.41) is 12.3. The number of nitrogens with zero attached hydrogens (tertiary/aromatic N) is 2. The summed E-state index contributed by atoms with van der Waals surface area (Å²) in [6.07, 6.45) is 2.64. The van der Waals surface area contributed by atoms with E-state index in [9.17, 15) is 10.0 Å². The highest BCUT2D eigenvalue weighted by molar-refractivity contribution is 6.00. The van der Waals surface area contributed by atoms with Gasteiger partial charge in [-0.2, -0.15) is 4.73 Å². The van der Waals surface area contributed by atoms with Gasteiger partial charge in [-0.3, -0.25) is 9.78 Å². The minimum atomic E-state index is -0.418. The molecule has 0 saturated carbocycles. The van der Waals surface area contributed by atoms with E-state index in [1.165, 1.54) is 0 Å². The summed E-state index contributed by atoms with van der Waals surface area (Å²) in [4.78, 5) is 18.1. The third-order valence-corrected chi connectivity index (χ3v) is 2.48. The van der Waals surface area contributed by atoms with E-state index in [1.807, 2.05) is 6.07 Å². The van der Waals surface area contributed by atoms with E-state index >= 15 is 0 Å². The van der Waals surface area contributed by atoms with Crippen molar-refractivity contribution >= 4 is 21.9 Å². The van der Waals surface area contributed by atoms with Gasteiger partial charge in [0.15, 0.2) is 0 Å². The van der Waals surface area contributed by atoms with Crippen LogP contribution in [0.25, 0.3) is 21.9 Å². The fourth-order valence-electron chi connectivity index (χ4n) is 1.79. The summed E-state index contributed by atoms with van der Waals surface area (Å²) in [7, 11) is 0. The van der Waals surface area contributed by atoms with Crippen molar-refractivity contribution in [2.24, 2.45) is 0 Å². The van der Waals surface area contributed by atoms with Crippen molar-refractivity contribution in [1.82, 2.24) is 9.97 Å². The molecule has 0 aliphatic carbocycles. The Hall–Kier alpha value is -2.43. The first-order chi connectivity index (χ1) is 7.75. The molecular formula is C11H7N3O2. The molecule has 5 nitrogen and oxygen atoms in total. The van der Waals surface area contributed by atoms with Crippen molar-refractivity contribution in [3.8, 4) is 0 Å². The number of aromatic amines is 1. The molecule has 1 aromatic carbocycles. The van der Waals surface area contributed by atoms with E-state index in [4.69, 9.17) is 0 Å². The summed E-state index contributed by atoms with van der Waals surface area (Å²) >= 11 is 0. The predicted molar refractivity (Wildman–Crippen MR) is 58.8 cm³/mol. The summed E-state index contributed by atoms with van der Waals surface area (Å²) in [5.74, 6) is 0. The lowest BCUT2D eigenvalue weighted by molar-refractivity contribution is -0.578. The zero-order valence-electron chi connectivity index (χ0n) is 8.18. The average Bonchev–Trinajstić information content (AvgIpc) is 2.28. The average molecular weight is 213 g/mol. The van der Waals surface area contributed by atoms with Gasteiger partial charge in [-0.05, 0) is 18.2 Å². The Morgan fingerprint density at radius 3 is 3.06 bits per heavy atom. The molecule has 2 heterocycles. The van der Waals surface area contributed by atoms with Crippen LogP contribution in [0.1, 0.15) is 0 Å². The van der Waals surface area contributed by atoms with Gasteiger partial charge in [-0.25, -0.2) is 0 Å². The minimum Gasteiger partial charge on any atom is -0.618 e. The first-order valence-electron chi connectivity index (χ1n) is 4.76. The maximum absolute atomic E-state index is 11.5. The number of rotatable bonds is 0. The quantitative estimate of drug-likeness (QED) is 0.339. The van der Waals surface area contributed by atoms with Crippen LogP contribution >= 0.6 is 0 Å². The molecule has 3 rings (SSSR count). The highest BCUT2D eigenvalue weighted by Gasteiger charge is 2.09. The highest BCUT2D eigenvalue weighted by Crippen LogP contribution is 2.18. The first-order valence-corrected chi connectivity index (χ1v) is 4.76. The van der Waals surface area contributed by atoms with Crippen LogP contribution in [0.15, 0.2) is 41.5 Å². The van der Waals surface area contributed by atoms with E-state index in [1.54, 1.807) is 24.4 Å². The lowest BCUT2D eigenvalue weighted by Gasteiger charge is -2.02. The molecular weight excluding hydrogens is 206 g/mol. The topological polar surface area (TPSA) is 72.7 Å². The third kappa shape index (κ3) is 1.15. The number of pyridine rings is 1. The first kappa shape index (κ1) is 8.84. The predicted octanol–water partition coefficient (Wildman–Crippen LogP) is 0.710. The van der Waals surface area contributed by atoms with Gasteiger partial charge in [0.25, 0.3) is 0 Å². The zero-order valence-corrected chi connectivity index (χ0v) is 8.18. The maximum atomic E-state index is 11.5. The number of fused-ring (bicyclic) bond motifs is 3. The molecule has 0 fully saturated rings. The standard InChI is InChI=1S/C11H7N3O2/c15-10-6-14(16)9-4-3-8-7(11(9)13-10)2-1-5-12-8/h1-6H,(H,13,15). The number of H-pyrrole nitrogens is 1. The van der Waals surface area contributed by atoms with Crippen molar-refractivity contribution in [3.63, 3.8) is 0 Å². The summed E-state index contributed by atoms with van der Waals surface area (Å²) in [5.41, 5.74) is 1.28. The fourth-order valence-corrected chi connectivity index (χ4v) is 1.79. The fraction of sp³-hybridized carbons (Fsp3) is 0. The lowest BCUT2D eigenvalue weighted by Crippen LogP contribution is -2.32. The molecule has 0 saturated heterocycles. The van der Waals surface area contributed by atoms with Gasteiger partial charge < -0.3 is 10.2 Å². The molecule has 16 heavy (non-hydrogen) atoms. The summed E-state index contributed by atoms with van der Waals surface area (Å²) < 4.78 is 0.570. The number of aromatic nitrogens is 3. The number of nitrogens with one attached hydrogen (secondary N) is 1. The van der Waals surface area contributed by atoms with E-state index in [0.717, 1.165) is 17.1 Å². The van der Waals surface area contributed by atoms with E-state index in [-0.39, 0.29) is 0 Å². The second kappa shape index (κ2) is 3.03. The van der Waals surface area contributed by atoms with Crippen molar-refractivity contribution in [3.05, 3.63) is 52.2 Å². The Morgan fingerprint density at radius 1 is 1.31 bits per heavy atom. The lowest BCUT2D eigenvalue weighted by atomic mass is 10.2. The van der Waals surface area contributed by atoms with Gasteiger partial charge >= 0.3 is 5.56 Å². The third-order valence-electron chi connectivity index (χ3n) is 2.48. The van der Waals surface area contributed by atoms with Crippen LogP contribution in [0.2, 0.25) is 0 Å². The Balaban J connectivity index is 2.65. The van der Waals surface area contributed by atoms with Crippen LogP contribution in [0, 0.1) is 5.21 Å². The SMILES string of the molecule is O=c1c[n+]([O-])c2ccc3ncccc3c2[nH]1. The van der Waals surface area contributed by atoms with Gasteiger partial charge in [0, 0.05) is 17.6 Å².